The highest BCUT2D eigenvalue weighted by Gasteiger charge is 2.15. The summed E-state index contributed by atoms with van der Waals surface area (Å²) in [6, 6.07) is 0.604. The zero-order chi connectivity index (χ0) is 9.03. The van der Waals surface area contributed by atoms with Crippen LogP contribution >= 0.6 is 0 Å². The average molecular weight is 172 g/mol. The summed E-state index contributed by atoms with van der Waals surface area (Å²) < 4.78 is 5.55. The lowest BCUT2D eigenvalue weighted by molar-refractivity contribution is -0.0164. The Morgan fingerprint density at radius 3 is 2.75 bits per heavy atom. The Labute approximate surface area is 74.9 Å². The minimum absolute atomic E-state index is 0.0287. The van der Waals surface area contributed by atoms with Crippen LogP contribution in [0.1, 0.15) is 27.2 Å². The second-order valence-electron chi connectivity index (χ2n) is 4.29. The topological polar surface area (TPSA) is 33.3 Å². The van der Waals surface area contributed by atoms with Gasteiger partial charge in [-0.15, -0.1) is 0 Å². The van der Waals surface area contributed by atoms with Crippen LogP contribution in [0.4, 0.5) is 0 Å². The summed E-state index contributed by atoms with van der Waals surface area (Å²) in [6.45, 7) is 9.08. The molecule has 1 heterocycles. The second-order valence-corrected chi connectivity index (χ2v) is 4.29. The number of hydrogen-bond donors (Lipinski definition) is 2. The summed E-state index contributed by atoms with van der Waals surface area (Å²) in [5.41, 5.74) is -0.0287. The van der Waals surface area contributed by atoms with E-state index < -0.39 is 0 Å². The summed E-state index contributed by atoms with van der Waals surface area (Å²) in [7, 11) is 0. The first-order chi connectivity index (χ1) is 5.58. The lowest BCUT2D eigenvalue weighted by Crippen LogP contribution is -2.36. The molecule has 1 aliphatic rings. The van der Waals surface area contributed by atoms with Crippen LogP contribution < -0.4 is 10.6 Å². The molecule has 0 aromatic rings. The van der Waals surface area contributed by atoms with E-state index in [1.54, 1.807) is 0 Å². The molecule has 0 bridgehead atoms. The molecule has 12 heavy (non-hydrogen) atoms. The molecule has 3 heteroatoms. The lowest BCUT2D eigenvalue weighted by atomic mass is 10.2. The zero-order valence-electron chi connectivity index (χ0n) is 8.31. The molecule has 0 amide bonds. The molecule has 0 aliphatic carbocycles. The van der Waals surface area contributed by atoms with Crippen molar-refractivity contribution in [3.05, 3.63) is 0 Å². The zero-order valence-corrected chi connectivity index (χ0v) is 8.31. The Morgan fingerprint density at radius 2 is 2.25 bits per heavy atom. The third-order valence-electron chi connectivity index (χ3n) is 1.94. The Bertz CT molecular complexity index is 125. The highest BCUT2D eigenvalue weighted by atomic mass is 16.5. The van der Waals surface area contributed by atoms with Crippen molar-refractivity contribution >= 4 is 0 Å². The van der Waals surface area contributed by atoms with Crippen molar-refractivity contribution in [2.24, 2.45) is 0 Å². The summed E-state index contributed by atoms with van der Waals surface area (Å²) in [4.78, 5) is 0. The molecular formula is C9H20N2O. The van der Waals surface area contributed by atoms with Crippen LogP contribution in [0.15, 0.2) is 0 Å². The molecule has 1 rings (SSSR count). The van der Waals surface area contributed by atoms with Crippen LogP contribution in [0.5, 0.6) is 0 Å². The van der Waals surface area contributed by atoms with E-state index >= 15 is 0 Å². The first-order valence-electron chi connectivity index (χ1n) is 4.66. The molecule has 0 spiro atoms. The van der Waals surface area contributed by atoms with E-state index in [1.165, 1.54) is 6.42 Å². The smallest absolute Gasteiger partial charge is 0.0974 e. The quantitative estimate of drug-likeness (QED) is 0.615. The normalized spacial score (nSPS) is 24.8. The highest BCUT2D eigenvalue weighted by molar-refractivity contribution is 4.76. The van der Waals surface area contributed by atoms with Crippen molar-refractivity contribution in [3.63, 3.8) is 0 Å². The standard InChI is InChI=1S/C9H20N2O/c1-9(2,3)12-7-11-8-4-5-10-6-8/h8,10-11H,4-7H2,1-3H3/t8-/m1/s1. The van der Waals surface area contributed by atoms with Gasteiger partial charge >= 0.3 is 0 Å². The molecule has 0 saturated carbocycles. The fourth-order valence-electron chi connectivity index (χ4n) is 1.20. The van der Waals surface area contributed by atoms with Crippen molar-refractivity contribution in [3.8, 4) is 0 Å². The van der Waals surface area contributed by atoms with Gasteiger partial charge in [-0.05, 0) is 33.7 Å². The van der Waals surface area contributed by atoms with Crippen molar-refractivity contribution in [2.45, 2.75) is 38.8 Å². The largest absolute Gasteiger partial charge is 0.361 e. The average Bonchev–Trinajstić information content (AvgIpc) is 2.36. The van der Waals surface area contributed by atoms with Gasteiger partial charge in [0.05, 0.1) is 12.3 Å². The molecule has 0 radical (unpaired) electrons. The van der Waals surface area contributed by atoms with Gasteiger partial charge in [-0.3, -0.25) is 5.32 Å². The van der Waals surface area contributed by atoms with Crippen molar-refractivity contribution in [2.75, 3.05) is 19.8 Å². The van der Waals surface area contributed by atoms with Gasteiger partial charge in [-0.25, -0.2) is 0 Å². The highest BCUT2D eigenvalue weighted by Crippen LogP contribution is 2.05. The number of rotatable bonds is 3. The van der Waals surface area contributed by atoms with Crippen molar-refractivity contribution < 1.29 is 4.74 Å². The van der Waals surface area contributed by atoms with E-state index in [4.69, 9.17) is 4.74 Å². The first-order valence-corrected chi connectivity index (χ1v) is 4.66. The van der Waals surface area contributed by atoms with Gasteiger partial charge in [0, 0.05) is 12.6 Å². The molecular weight excluding hydrogens is 152 g/mol. The van der Waals surface area contributed by atoms with Gasteiger partial charge in [0.15, 0.2) is 0 Å². The first kappa shape index (κ1) is 9.96. The second kappa shape index (κ2) is 4.21. The summed E-state index contributed by atoms with van der Waals surface area (Å²) >= 11 is 0. The van der Waals surface area contributed by atoms with E-state index in [-0.39, 0.29) is 5.60 Å². The number of ether oxygens (including phenoxy) is 1. The van der Waals surface area contributed by atoms with E-state index in [0.29, 0.717) is 12.8 Å². The molecule has 1 atom stereocenters. The Balaban J connectivity index is 2.02. The Morgan fingerprint density at radius 1 is 1.50 bits per heavy atom. The van der Waals surface area contributed by atoms with Gasteiger partial charge in [0.25, 0.3) is 0 Å². The maximum Gasteiger partial charge on any atom is 0.0974 e. The van der Waals surface area contributed by atoms with E-state index in [9.17, 15) is 0 Å². The van der Waals surface area contributed by atoms with Crippen molar-refractivity contribution in [1.82, 2.24) is 10.6 Å². The molecule has 2 N–H and O–H groups in total. The molecule has 0 aromatic heterocycles. The molecule has 1 saturated heterocycles. The Hall–Kier alpha value is -0.120. The van der Waals surface area contributed by atoms with Crippen LogP contribution in [0.25, 0.3) is 0 Å². The molecule has 3 nitrogen and oxygen atoms in total. The van der Waals surface area contributed by atoms with E-state index in [1.807, 2.05) is 0 Å². The van der Waals surface area contributed by atoms with Gasteiger partial charge in [-0.1, -0.05) is 0 Å². The number of nitrogens with one attached hydrogen (secondary N) is 2. The predicted octanol–water partition coefficient (Wildman–Crippen LogP) is 0.711. The van der Waals surface area contributed by atoms with Gasteiger partial charge in [0.1, 0.15) is 0 Å². The van der Waals surface area contributed by atoms with Gasteiger partial charge < -0.3 is 10.1 Å². The molecule has 72 valence electrons. The molecule has 0 aromatic carbocycles. The lowest BCUT2D eigenvalue weighted by Gasteiger charge is -2.21. The molecule has 1 fully saturated rings. The molecule has 0 unspecified atom stereocenters. The monoisotopic (exact) mass is 172 g/mol. The van der Waals surface area contributed by atoms with Gasteiger partial charge in [-0.2, -0.15) is 0 Å². The summed E-state index contributed by atoms with van der Waals surface area (Å²) in [5.74, 6) is 0. The molecule has 1 aliphatic heterocycles. The Kier molecular flexibility index (Phi) is 3.50. The fraction of sp³-hybridized carbons (Fsp3) is 1.00. The van der Waals surface area contributed by atoms with E-state index in [0.717, 1.165) is 13.1 Å². The summed E-state index contributed by atoms with van der Waals surface area (Å²) in [5, 5.41) is 6.66. The third-order valence-corrected chi connectivity index (χ3v) is 1.94. The minimum atomic E-state index is -0.0287. The maximum absolute atomic E-state index is 5.55. The van der Waals surface area contributed by atoms with Crippen LogP contribution in [0.3, 0.4) is 0 Å². The van der Waals surface area contributed by atoms with Crippen molar-refractivity contribution in [1.29, 1.82) is 0 Å². The number of hydrogen-bond acceptors (Lipinski definition) is 3. The van der Waals surface area contributed by atoms with Gasteiger partial charge in [0.2, 0.25) is 0 Å². The maximum atomic E-state index is 5.55. The fourth-order valence-corrected chi connectivity index (χ4v) is 1.20. The van der Waals surface area contributed by atoms with E-state index in [2.05, 4.69) is 31.4 Å². The van der Waals surface area contributed by atoms with Crippen LogP contribution in [0.2, 0.25) is 0 Å². The minimum Gasteiger partial charge on any atom is -0.361 e. The van der Waals surface area contributed by atoms with Crippen LogP contribution in [-0.2, 0) is 4.74 Å². The van der Waals surface area contributed by atoms with Crippen LogP contribution in [-0.4, -0.2) is 31.5 Å². The van der Waals surface area contributed by atoms with Crippen LogP contribution in [0, 0.1) is 0 Å². The third kappa shape index (κ3) is 4.04. The SMILES string of the molecule is CC(C)(C)OCN[C@@H]1CCNC1. The predicted molar refractivity (Wildman–Crippen MR) is 50.1 cm³/mol. The summed E-state index contributed by atoms with van der Waals surface area (Å²) in [6.07, 6.45) is 1.22.